The fraction of sp³-hybridized carbons (Fsp3) is 0.529. The Kier molecular flexibility index (Phi) is 11.6. The van der Waals surface area contributed by atoms with E-state index in [9.17, 15) is 0 Å². The van der Waals surface area contributed by atoms with Crippen LogP contribution in [0.3, 0.4) is 0 Å². The molecule has 156 valence electrons. The number of aromatic nitrogens is 2. The van der Waals surface area contributed by atoms with E-state index in [2.05, 4.69) is 52.9 Å². The molecule has 1 heterocycles. The molecule has 28 heavy (non-hydrogen) atoms. The molecule has 0 N–H and O–H groups in total. The highest BCUT2D eigenvalue weighted by atomic mass is 35.5. The third-order valence-electron chi connectivity index (χ3n) is 3.23. The number of alkyl halides is 2. The van der Waals surface area contributed by atoms with Crippen molar-refractivity contribution in [2.45, 2.75) is 44.1 Å². The lowest BCUT2D eigenvalue weighted by Crippen LogP contribution is -2.48. The largest absolute Gasteiger partial charge is 0.454 e. The van der Waals surface area contributed by atoms with Gasteiger partial charge in [0.1, 0.15) is 0 Å². The molecular formula is C17H28Cl2N4OS2Si2. The first-order valence-corrected chi connectivity index (χ1v) is 18.0. The molecule has 0 radical (unpaired) electrons. The molecule has 11 heteroatoms. The summed E-state index contributed by atoms with van der Waals surface area (Å²) in [5, 5.41) is 3.17. The lowest BCUT2D eigenvalue weighted by molar-refractivity contribution is 0.556. The maximum Gasteiger partial charge on any atom is 0.187 e. The first-order valence-electron chi connectivity index (χ1n) is 8.69. The summed E-state index contributed by atoms with van der Waals surface area (Å²) in [6.45, 7) is 14.5. The van der Waals surface area contributed by atoms with Gasteiger partial charge in [-0.1, -0.05) is 23.5 Å². The standard InChI is InChI=1S/C17H28Cl2N4OS2Si2/c1-14(7-18)9-21-16(20-2)25-12-27(3,4)24-28(5,6)13-26-17-22-10-15(8-19)11-23-17/h9-11H,2,7-8,12-13H2,1,3-6H3/b14-9+,21-16?. The van der Waals surface area contributed by atoms with E-state index in [0.29, 0.717) is 16.9 Å². The van der Waals surface area contributed by atoms with Gasteiger partial charge in [0.2, 0.25) is 0 Å². The first-order chi connectivity index (χ1) is 13.1. The predicted molar refractivity (Wildman–Crippen MR) is 132 cm³/mol. The Morgan fingerprint density at radius 2 is 1.79 bits per heavy atom. The fourth-order valence-corrected chi connectivity index (χ4v) is 14.1. The van der Waals surface area contributed by atoms with E-state index in [1.54, 1.807) is 42.1 Å². The van der Waals surface area contributed by atoms with Crippen LogP contribution in [0.2, 0.25) is 26.2 Å². The fourth-order valence-electron chi connectivity index (χ4n) is 2.09. The number of aliphatic imine (C=N–C) groups is 2. The minimum Gasteiger partial charge on any atom is -0.454 e. The van der Waals surface area contributed by atoms with Crippen molar-refractivity contribution in [1.82, 2.24) is 9.97 Å². The molecule has 0 aliphatic heterocycles. The molecule has 1 aromatic rings. The Labute approximate surface area is 189 Å². The molecule has 1 aromatic heterocycles. The van der Waals surface area contributed by atoms with Gasteiger partial charge in [-0.3, -0.25) is 0 Å². The highest BCUT2D eigenvalue weighted by molar-refractivity contribution is 8.15. The van der Waals surface area contributed by atoms with Crippen LogP contribution in [0.4, 0.5) is 0 Å². The van der Waals surface area contributed by atoms with Gasteiger partial charge in [-0.2, -0.15) is 0 Å². The molecule has 0 saturated carbocycles. The zero-order valence-electron chi connectivity index (χ0n) is 17.0. The van der Waals surface area contributed by atoms with Crippen molar-refractivity contribution in [1.29, 1.82) is 0 Å². The maximum atomic E-state index is 6.64. The summed E-state index contributed by atoms with van der Waals surface area (Å²) >= 11 is 14.8. The van der Waals surface area contributed by atoms with E-state index >= 15 is 0 Å². The van der Waals surface area contributed by atoms with Gasteiger partial charge >= 0.3 is 0 Å². The highest BCUT2D eigenvalue weighted by Crippen LogP contribution is 2.25. The number of nitrogens with zero attached hydrogens (tertiary/aromatic N) is 4. The second-order valence-electron chi connectivity index (χ2n) is 7.39. The molecule has 0 atom stereocenters. The third-order valence-corrected chi connectivity index (χ3v) is 16.1. The summed E-state index contributed by atoms with van der Waals surface area (Å²) in [7, 11) is -3.78. The van der Waals surface area contributed by atoms with E-state index < -0.39 is 16.6 Å². The van der Waals surface area contributed by atoms with Gasteiger partial charge in [-0.05, 0) is 45.4 Å². The van der Waals surface area contributed by atoms with Gasteiger partial charge in [0.05, 0.1) is 5.88 Å². The lowest BCUT2D eigenvalue weighted by Gasteiger charge is -2.33. The van der Waals surface area contributed by atoms with Gasteiger partial charge in [0, 0.05) is 40.8 Å². The Bertz CT molecular complexity index is 701. The van der Waals surface area contributed by atoms with Crippen molar-refractivity contribution in [3.63, 3.8) is 0 Å². The van der Waals surface area contributed by atoms with Gasteiger partial charge in [-0.25, -0.2) is 20.0 Å². The number of hydrogen-bond acceptors (Lipinski definition) is 6. The Morgan fingerprint density at radius 1 is 1.18 bits per heavy atom. The number of halogens is 2. The maximum absolute atomic E-state index is 6.64. The molecule has 0 aliphatic rings. The second kappa shape index (κ2) is 12.5. The van der Waals surface area contributed by atoms with Crippen LogP contribution in [-0.2, 0) is 10.00 Å². The SMILES string of the molecule is C=NC(=N/C=C(\C)CCl)SC[Si](C)(C)O[Si](C)(C)CSc1ncc(CCl)cn1. The van der Waals surface area contributed by atoms with Gasteiger partial charge < -0.3 is 4.12 Å². The van der Waals surface area contributed by atoms with Crippen molar-refractivity contribution in [3.05, 3.63) is 29.7 Å². The predicted octanol–water partition coefficient (Wildman–Crippen LogP) is 5.75. The van der Waals surface area contributed by atoms with Crippen LogP contribution < -0.4 is 0 Å². The smallest absolute Gasteiger partial charge is 0.187 e. The van der Waals surface area contributed by atoms with Crippen LogP contribution in [0.25, 0.3) is 0 Å². The average Bonchev–Trinajstić information content (AvgIpc) is 2.65. The number of hydrogen-bond donors (Lipinski definition) is 0. The van der Waals surface area contributed by atoms with Gasteiger partial charge in [0.25, 0.3) is 0 Å². The van der Waals surface area contributed by atoms with E-state index in [1.807, 2.05) is 6.92 Å². The molecule has 0 amide bonds. The Hall–Kier alpha value is -0.166. The van der Waals surface area contributed by atoms with Crippen LogP contribution in [0.5, 0.6) is 0 Å². The zero-order chi connectivity index (χ0) is 21.2. The summed E-state index contributed by atoms with van der Waals surface area (Å²) in [5.74, 6) is 0.884. The molecule has 5 nitrogen and oxygen atoms in total. The Morgan fingerprint density at radius 3 is 2.32 bits per heavy atom. The quantitative estimate of drug-likeness (QED) is 0.103. The van der Waals surface area contributed by atoms with Crippen LogP contribution >= 0.6 is 46.7 Å². The monoisotopic (exact) mass is 494 g/mol. The molecular weight excluding hydrogens is 467 g/mol. The summed E-state index contributed by atoms with van der Waals surface area (Å²) in [6, 6.07) is 0. The third kappa shape index (κ3) is 10.6. The highest BCUT2D eigenvalue weighted by Gasteiger charge is 2.33. The van der Waals surface area contributed by atoms with Crippen molar-refractivity contribution in [2.75, 3.05) is 16.6 Å². The van der Waals surface area contributed by atoms with Gasteiger partial charge in [-0.15, -0.1) is 23.2 Å². The van der Waals surface area contributed by atoms with Crippen LogP contribution in [0.15, 0.2) is 39.3 Å². The molecule has 0 spiro atoms. The van der Waals surface area contributed by atoms with Crippen LogP contribution in [0.1, 0.15) is 12.5 Å². The van der Waals surface area contributed by atoms with Crippen molar-refractivity contribution < 1.29 is 4.12 Å². The van der Waals surface area contributed by atoms with E-state index in [1.165, 1.54) is 0 Å². The first kappa shape index (κ1) is 25.9. The summed E-state index contributed by atoms with van der Waals surface area (Å²) in [6.07, 6.45) is 5.29. The van der Waals surface area contributed by atoms with Crippen LogP contribution in [-0.4, -0.2) is 55.1 Å². The molecule has 1 rings (SSSR count). The molecule has 0 bridgehead atoms. The molecule has 0 saturated heterocycles. The topological polar surface area (TPSA) is 59.7 Å². The molecule has 0 aromatic carbocycles. The van der Waals surface area contributed by atoms with E-state index in [4.69, 9.17) is 27.3 Å². The Balaban J connectivity index is 2.60. The summed E-state index contributed by atoms with van der Waals surface area (Å²) < 4.78 is 6.64. The van der Waals surface area contributed by atoms with Crippen LogP contribution in [0, 0.1) is 0 Å². The summed E-state index contributed by atoms with van der Waals surface area (Å²) in [5.41, 5.74) is 1.91. The van der Waals surface area contributed by atoms with Crippen molar-refractivity contribution >= 4 is 75.2 Å². The van der Waals surface area contributed by atoms with Gasteiger partial charge in [0.15, 0.2) is 27.0 Å². The van der Waals surface area contributed by atoms with Crippen molar-refractivity contribution in [3.8, 4) is 0 Å². The summed E-state index contributed by atoms with van der Waals surface area (Å²) in [4.78, 5) is 17.1. The molecule has 0 fully saturated rings. The average molecular weight is 496 g/mol. The second-order valence-corrected chi connectivity index (χ2v) is 19.4. The molecule has 0 unspecified atom stereocenters. The number of allylic oxidation sites excluding steroid dienone is 1. The lowest BCUT2D eigenvalue weighted by atomic mass is 10.4. The normalized spacial score (nSPS) is 13.7. The zero-order valence-corrected chi connectivity index (χ0v) is 22.2. The minimum absolute atomic E-state index is 0.428. The number of rotatable bonds is 10. The molecule has 0 aliphatic carbocycles. The number of amidine groups is 1. The van der Waals surface area contributed by atoms with E-state index in [0.717, 1.165) is 27.0 Å². The van der Waals surface area contributed by atoms with E-state index in [-0.39, 0.29) is 0 Å². The minimum atomic E-state index is -1.90. The van der Waals surface area contributed by atoms with Crippen molar-refractivity contribution in [2.24, 2.45) is 9.98 Å². The number of thioether (sulfide) groups is 2.